The van der Waals surface area contributed by atoms with Gasteiger partial charge in [0.2, 0.25) is 5.91 Å². The van der Waals surface area contributed by atoms with Gasteiger partial charge in [0.1, 0.15) is 11.6 Å². The summed E-state index contributed by atoms with van der Waals surface area (Å²) >= 11 is 5.88. The van der Waals surface area contributed by atoms with Crippen LogP contribution in [0.3, 0.4) is 0 Å². The fourth-order valence-electron chi connectivity index (χ4n) is 2.23. The molecule has 0 bridgehead atoms. The molecule has 2 rings (SSSR count). The Morgan fingerprint density at radius 1 is 1.15 bits per heavy atom. The number of hydrazine groups is 1. The normalized spacial score (nSPS) is 11.6. The maximum atomic E-state index is 13.7. The second-order valence-electron chi connectivity index (χ2n) is 5.87. The number of aryl methyl sites for hydroxylation is 1. The Labute approximate surface area is 156 Å². The molecule has 1 unspecified atom stereocenters. The highest BCUT2D eigenvalue weighted by molar-refractivity contribution is 6.31. The van der Waals surface area contributed by atoms with Crippen molar-refractivity contribution in [2.75, 3.05) is 0 Å². The Hall–Kier alpha value is -2.60. The molecule has 0 radical (unpaired) electrons. The number of carbonyl (C=O) groups is 2. The summed E-state index contributed by atoms with van der Waals surface area (Å²) < 4.78 is 19.3. The summed E-state index contributed by atoms with van der Waals surface area (Å²) in [7, 11) is 0. The summed E-state index contributed by atoms with van der Waals surface area (Å²) in [5.74, 6) is -1.11. The molecule has 0 saturated carbocycles. The highest BCUT2D eigenvalue weighted by atomic mass is 35.5. The molecule has 0 spiro atoms. The van der Waals surface area contributed by atoms with E-state index in [2.05, 4.69) is 10.9 Å². The van der Waals surface area contributed by atoms with Crippen LogP contribution >= 0.6 is 11.6 Å². The quantitative estimate of drug-likeness (QED) is 0.785. The Morgan fingerprint density at radius 2 is 1.85 bits per heavy atom. The van der Waals surface area contributed by atoms with Crippen LogP contribution in [0.2, 0.25) is 5.02 Å². The van der Waals surface area contributed by atoms with Gasteiger partial charge in [-0.2, -0.15) is 0 Å². The van der Waals surface area contributed by atoms with Crippen molar-refractivity contribution in [2.24, 2.45) is 0 Å². The summed E-state index contributed by atoms with van der Waals surface area (Å²) in [5, 5.41) is 0.151. The fourth-order valence-corrected chi connectivity index (χ4v) is 2.46. The van der Waals surface area contributed by atoms with Gasteiger partial charge in [0.15, 0.2) is 6.10 Å². The Bertz CT molecular complexity index is 806. The predicted octanol–water partition coefficient (Wildman–Crippen LogP) is 3.25. The lowest BCUT2D eigenvalue weighted by molar-refractivity contribution is -0.132. The number of rotatable bonds is 5. The van der Waals surface area contributed by atoms with Crippen molar-refractivity contribution in [3.8, 4) is 5.75 Å². The Morgan fingerprint density at radius 3 is 2.54 bits per heavy atom. The molecule has 26 heavy (non-hydrogen) atoms. The van der Waals surface area contributed by atoms with Crippen LogP contribution in [0.5, 0.6) is 5.75 Å². The topological polar surface area (TPSA) is 67.4 Å². The van der Waals surface area contributed by atoms with E-state index in [1.165, 1.54) is 18.2 Å². The maximum absolute atomic E-state index is 13.7. The summed E-state index contributed by atoms with van der Waals surface area (Å²) in [6.07, 6.45) is -1.12. The van der Waals surface area contributed by atoms with E-state index in [9.17, 15) is 14.0 Å². The molecule has 2 aromatic carbocycles. The van der Waals surface area contributed by atoms with Crippen LogP contribution in [0.4, 0.5) is 4.39 Å². The molecule has 138 valence electrons. The monoisotopic (exact) mass is 378 g/mol. The minimum atomic E-state index is -0.826. The second kappa shape index (κ2) is 8.67. The van der Waals surface area contributed by atoms with Crippen molar-refractivity contribution in [3.05, 3.63) is 63.9 Å². The van der Waals surface area contributed by atoms with E-state index < -0.39 is 23.7 Å². The van der Waals surface area contributed by atoms with Crippen LogP contribution in [0.1, 0.15) is 23.6 Å². The van der Waals surface area contributed by atoms with Crippen LogP contribution in [0.15, 0.2) is 36.4 Å². The summed E-state index contributed by atoms with van der Waals surface area (Å²) in [5.41, 5.74) is 6.55. The van der Waals surface area contributed by atoms with Crippen molar-refractivity contribution in [1.82, 2.24) is 10.9 Å². The van der Waals surface area contributed by atoms with Gasteiger partial charge < -0.3 is 4.74 Å². The predicted molar refractivity (Wildman–Crippen MR) is 97.4 cm³/mol. The van der Waals surface area contributed by atoms with Gasteiger partial charge in [-0.15, -0.1) is 0 Å². The third kappa shape index (κ3) is 4.95. The van der Waals surface area contributed by atoms with E-state index in [0.717, 1.165) is 11.1 Å². The molecular weight excluding hydrogens is 359 g/mol. The molecule has 1 atom stereocenters. The van der Waals surface area contributed by atoms with E-state index in [1.807, 2.05) is 26.0 Å². The minimum absolute atomic E-state index is 0.0700. The summed E-state index contributed by atoms with van der Waals surface area (Å²) in [6, 6.07) is 9.71. The molecule has 0 saturated heterocycles. The fraction of sp³-hybridized carbons (Fsp3) is 0.263. The van der Waals surface area contributed by atoms with Gasteiger partial charge in [0.25, 0.3) is 5.91 Å². The van der Waals surface area contributed by atoms with Gasteiger partial charge in [0.05, 0.1) is 6.42 Å². The zero-order valence-electron chi connectivity index (χ0n) is 14.7. The van der Waals surface area contributed by atoms with Crippen LogP contribution in [0.25, 0.3) is 0 Å². The van der Waals surface area contributed by atoms with Crippen LogP contribution in [0, 0.1) is 19.7 Å². The van der Waals surface area contributed by atoms with Crippen molar-refractivity contribution >= 4 is 23.4 Å². The smallest absolute Gasteiger partial charge is 0.279 e. The second-order valence-corrected chi connectivity index (χ2v) is 6.28. The number of carbonyl (C=O) groups excluding carboxylic acids is 2. The lowest BCUT2D eigenvalue weighted by Crippen LogP contribution is -2.47. The van der Waals surface area contributed by atoms with Gasteiger partial charge in [-0.3, -0.25) is 20.4 Å². The first-order valence-electron chi connectivity index (χ1n) is 8.04. The molecule has 7 heteroatoms. The van der Waals surface area contributed by atoms with E-state index in [-0.39, 0.29) is 17.0 Å². The summed E-state index contributed by atoms with van der Waals surface area (Å²) in [4.78, 5) is 24.0. The van der Waals surface area contributed by atoms with E-state index in [0.29, 0.717) is 5.75 Å². The highest BCUT2D eigenvalue weighted by Crippen LogP contribution is 2.22. The third-order valence-corrected chi connectivity index (χ3v) is 4.31. The summed E-state index contributed by atoms with van der Waals surface area (Å²) in [6.45, 7) is 5.41. The van der Waals surface area contributed by atoms with Gasteiger partial charge in [-0.05, 0) is 50.1 Å². The molecule has 0 aliphatic carbocycles. The number of nitrogens with one attached hydrogen (secondary N) is 2. The molecule has 0 aromatic heterocycles. The van der Waals surface area contributed by atoms with Crippen LogP contribution < -0.4 is 15.6 Å². The largest absolute Gasteiger partial charge is 0.481 e. The van der Waals surface area contributed by atoms with Crippen LogP contribution in [-0.4, -0.2) is 17.9 Å². The molecule has 0 aliphatic heterocycles. The average molecular weight is 379 g/mol. The van der Waals surface area contributed by atoms with E-state index >= 15 is 0 Å². The first-order valence-corrected chi connectivity index (χ1v) is 8.42. The molecule has 0 fully saturated rings. The first kappa shape index (κ1) is 19.7. The van der Waals surface area contributed by atoms with Crippen molar-refractivity contribution in [2.45, 2.75) is 33.3 Å². The Kier molecular flexibility index (Phi) is 6.58. The van der Waals surface area contributed by atoms with Crippen molar-refractivity contribution in [1.29, 1.82) is 0 Å². The average Bonchev–Trinajstić information content (AvgIpc) is 2.60. The highest BCUT2D eigenvalue weighted by Gasteiger charge is 2.18. The zero-order valence-corrected chi connectivity index (χ0v) is 15.5. The van der Waals surface area contributed by atoms with Gasteiger partial charge in [-0.1, -0.05) is 29.8 Å². The maximum Gasteiger partial charge on any atom is 0.279 e. The molecule has 0 aliphatic rings. The molecule has 2 N–H and O–H groups in total. The molecule has 5 nitrogen and oxygen atoms in total. The lowest BCUT2D eigenvalue weighted by Gasteiger charge is -2.17. The number of benzene rings is 2. The molecule has 2 aromatic rings. The third-order valence-electron chi connectivity index (χ3n) is 3.95. The number of hydrogen-bond donors (Lipinski definition) is 2. The van der Waals surface area contributed by atoms with E-state index in [4.69, 9.17) is 16.3 Å². The SMILES string of the molecule is Cc1cccc(OC(C)C(=O)NNC(=O)Cc2c(F)cccc2Cl)c1C. The molecular formula is C19H20ClFN2O3. The molecule has 2 amide bonds. The standard InChI is InChI=1S/C19H20ClFN2O3/c1-11-6-4-9-17(12(11)2)26-13(3)19(25)23-22-18(24)10-14-15(20)7-5-8-16(14)21/h4-9,13H,10H2,1-3H3,(H,22,24)(H,23,25). The van der Waals surface area contributed by atoms with Crippen molar-refractivity contribution in [3.63, 3.8) is 0 Å². The van der Waals surface area contributed by atoms with E-state index in [1.54, 1.807) is 13.0 Å². The van der Waals surface area contributed by atoms with Gasteiger partial charge in [0, 0.05) is 10.6 Å². The Balaban J connectivity index is 1.89. The van der Waals surface area contributed by atoms with Crippen LogP contribution in [-0.2, 0) is 16.0 Å². The van der Waals surface area contributed by atoms with Gasteiger partial charge >= 0.3 is 0 Å². The van der Waals surface area contributed by atoms with Crippen molar-refractivity contribution < 1.29 is 18.7 Å². The first-order chi connectivity index (χ1) is 12.3. The minimum Gasteiger partial charge on any atom is -0.481 e. The number of amides is 2. The zero-order chi connectivity index (χ0) is 19.3. The number of hydrogen-bond acceptors (Lipinski definition) is 3. The van der Waals surface area contributed by atoms with Gasteiger partial charge in [-0.25, -0.2) is 4.39 Å². The number of halogens is 2. The molecule has 0 heterocycles. The number of ether oxygens (including phenoxy) is 1. The lowest BCUT2D eigenvalue weighted by atomic mass is 10.1.